The first-order valence-corrected chi connectivity index (χ1v) is 13.2. The molecule has 0 amide bonds. The van der Waals surface area contributed by atoms with Gasteiger partial charge in [0.05, 0.1) is 39.5 Å². The van der Waals surface area contributed by atoms with Gasteiger partial charge in [-0.1, -0.05) is 36.8 Å². The van der Waals surface area contributed by atoms with Gasteiger partial charge in [0.25, 0.3) is 11.2 Å². The summed E-state index contributed by atoms with van der Waals surface area (Å²) >= 11 is 1.20. The lowest BCUT2D eigenvalue weighted by Gasteiger charge is -2.25. The highest BCUT2D eigenvalue weighted by Crippen LogP contribution is 2.32. The molecule has 2 aromatic carbocycles. The predicted octanol–water partition coefficient (Wildman–Crippen LogP) is 4.27. The topological polar surface area (TPSA) is 113 Å². The van der Waals surface area contributed by atoms with Crippen LogP contribution < -0.4 is 19.6 Å². The quantitative estimate of drug-likeness (QED) is 0.175. The summed E-state index contributed by atoms with van der Waals surface area (Å²) in [6.07, 6.45) is 3.30. The van der Waals surface area contributed by atoms with E-state index in [0.29, 0.717) is 38.5 Å². The van der Waals surface area contributed by atoms with Crippen LogP contribution >= 0.6 is 11.3 Å². The molecule has 1 aromatic heterocycles. The molecule has 1 aliphatic rings. The lowest BCUT2D eigenvalue weighted by Crippen LogP contribution is -2.40. The van der Waals surface area contributed by atoms with Gasteiger partial charge in [-0.05, 0) is 68.7 Å². The molecule has 0 fully saturated rings. The van der Waals surface area contributed by atoms with E-state index in [4.69, 9.17) is 9.47 Å². The first kappa shape index (κ1) is 27.0. The van der Waals surface area contributed by atoms with Crippen molar-refractivity contribution in [2.45, 2.75) is 52.7 Å². The summed E-state index contributed by atoms with van der Waals surface area (Å²) in [6.45, 7) is 7.98. The summed E-state index contributed by atoms with van der Waals surface area (Å²) in [7, 11) is 0. The summed E-state index contributed by atoms with van der Waals surface area (Å²) in [6, 6.07) is 12.6. The Morgan fingerprint density at radius 2 is 1.87 bits per heavy atom. The molecule has 10 heteroatoms. The second-order valence-corrected chi connectivity index (χ2v) is 10.2. The van der Waals surface area contributed by atoms with E-state index < -0.39 is 16.9 Å². The van der Waals surface area contributed by atoms with Gasteiger partial charge in [-0.3, -0.25) is 19.5 Å². The minimum atomic E-state index is -0.735. The molecule has 4 rings (SSSR count). The third-order valence-corrected chi connectivity index (χ3v) is 6.93. The van der Waals surface area contributed by atoms with Crippen molar-refractivity contribution in [3.05, 3.63) is 101 Å². The number of carbonyl (C=O) groups is 1. The highest BCUT2D eigenvalue weighted by atomic mass is 32.1. The number of non-ortho nitro benzene ring substituents is 1. The van der Waals surface area contributed by atoms with Crippen molar-refractivity contribution < 1.29 is 19.2 Å². The number of hydrogen-bond acceptors (Lipinski definition) is 8. The molecule has 198 valence electrons. The largest absolute Gasteiger partial charge is 0.494 e. The van der Waals surface area contributed by atoms with Crippen LogP contribution in [0, 0.1) is 10.1 Å². The maximum atomic E-state index is 13.7. The fraction of sp³-hybridized carbons (Fsp3) is 0.321. The van der Waals surface area contributed by atoms with E-state index in [1.165, 1.54) is 28.0 Å². The van der Waals surface area contributed by atoms with Gasteiger partial charge in [-0.2, -0.15) is 0 Å². The minimum Gasteiger partial charge on any atom is -0.494 e. The third kappa shape index (κ3) is 5.75. The molecule has 0 aliphatic carbocycles. The molecule has 3 aromatic rings. The number of allylic oxidation sites excluding steroid dienone is 1. The van der Waals surface area contributed by atoms with E-state index >= 15 is 0 Å². The van der Waals surface area contributed by atoms with Crippen LogP contribution in [0.2, 0.25) is 0 Å². The molecule has 0 saturated carbocycles. The normalized spacial score (nSPS) is 15.3. The fourth-order valence-electron chi connectivity index (χ4n) is 4.10. The number of nitro groups is 1. The van der Waals surface area contributed by atoms with Crippen LogP contribution in [-0.4, -0.2) is 28.2 Å². The Hall–Kier alpha value is -4.05. The van der Waals surface area contributed by atoms with E-state index in [0.717, 1.165) is 18.4 Å². The molecular weight excluding hydrogens is 506 g/mol. The van der Waals surface area contributed by atoms with Gasteiger partial charge < -0.3 is 9.47 Å². The van der Waals surface area contributed by atoms with Crippen molar-refractivity contribution in [3.8, 4) is 5.75 Å². The Balaban J connectivity index is 1.82. The van der Waals surface area contributed by atoms with Crippen LogP contribution in [0.4, 0.5) is 5.69 Å². The number of carbonyl (C=O) groups excluding carboxylic acids is 1. The molecule has 2 heterocycles. The van der Waals surface area contributed by atoms with Gasteiger partial charge in [-0.15, -0.1) is 0 Å². The maximum absolute atomic E-state index is 13.7. The molecule has 38 heavy (non-hydrogen) atoms. The second-order valence-electron chi connectivity index (χ2n) is 9.16. The zero-order valence-electron chi connectivity index (χ0n) is 21.7. The maximum Gasteiger partial charge on any atom is 0.338 e. The Kier molecular flexibility index (Phi) is 8.21. The first-order chi connectivity index (χ1) is 18.2. The van der Waals surface area contributed by atoms with Gasteiger partial charge in [0.15, 0.2) is 4.80 Å². The lowest BCUT2D eigenvalue weighted by atomic mass is 9.96. The Bertz CT molecular complexity index is 1550. The molecule has 0 radical (unpaired) electrons. The van der Waals surface area contributed by atoms with Crippen LogP contribution in [0.5, 0.6) is 5.75 Å². The van der Waals surface area contributed by atoms with Gasteiger partial charge in [0, 0.05) is 12.1 Å². The first-order valence-electron chi connectivity index (χ1n) is 12.4. The summed E-state index contributed by atoms with van der Waals surface area (Å²) in [5.41, 5.74) is 1.79. The van der Waals surface area contributed by atoms with Crippen LogP contribution in [0.3, 0.4) is 0 Å². The standard InChI is InChI=1S/C28H29N3O6S/c1-5-6-15-36-22-13-9-20(10-14-22)25-24(27(33)37-17(2)3)18(4)29-28-30(25)26(32)23(38-28)16-19-7-11-21(12-8-19)31(34)35/h7-14,16-17,25H,5-6,15H2,1-4H3. The Morgan fingerprint density at radius 3 is 2.47 bits per heavy atom. The average molecular weight is 536 g/mol. The summed E-state index contributed by atoms with van der Waals surface area (Å²) in [5.74, 6) is 0.180. The number of fused-ring (bicyclic) bond motifs is 1. The summed E-state index contributed by atoms with van der Waals surface area (Å²) < 4.78 is 13.2. The number of unbranched alkanes of at least 4 members (excludes halogenated alkanes) is 1. The van der Waals surface area contributed by atoms with Crippen LogP contribution in [-0.2, 0) is 9.53 Å². The van der Waals surface area contributed by atoms with Crippen LogP contribution in [0.15, 0.2) is 69.6 Å². The number of ether oxygens (including phenoxy) is 2. The summed E-state index contributed by atoms with van der Waals surface area (Å²) in [5, 5.41) is 11.0. The van der Waals surface area contributed by atoms with Gasteiger partial charge in [-0.25, -0.2) is 9.79 Å². The van der Waals surface area contributed by atoms with E-state index in [1.807, 2.05) is 24.3 Å². The molecule has 9 nitrogen and oxygen atoms in total. The monoisotopic (exact) mass is 535 g/mol. The number of rotatable bonds is 9. The predicted molar refractivity (Wildman–Crippen MR) is 145 cm³/mol. The van der Waals surface area contributed by atoms with Crippen LogP contribution in [0.1, 0.15) is 57.7 Å². The zero-order chi connectivity index (χ0) is 27.4. The SMILES string of the molecule is CCCCOc1ccc(C2C(C(=O)OC(C)C)=C(C)N=c3sc(=Cc4ccc([N+](=O)[O-])cc4)c(=O)n32)cc1. The second kappa shape index (κ2) is 11.6. The smallest absolute Gasteiger partial charge is 0.338 e. The Morgan fingerprint density at radius 1 is 1.18 bits per heavy atom. The van der Waals surface area contributed by atoms with E-state index in [1.54, 1.807) is 39.0 Å². The number of nitro benzene ring substituents is 1. The fourth-order valence-corrected chi connectivity index (χ4v) is 5.15. The molecule has 0 saturated heterocycles. The molecule has 1 aliphatic heterocycles. The average Bonchev–Trinajstić information content (AvgIpc) is 3.17. The highest BCUT2D eigenvalue weighted by Gasteiger charge is 2.33. The molecule has 1 unspecified atom stereocenters. The number of hydrogen-bond donors (Lipinski definition) is 0. The van der Waals surface area contributed by atoms with Crippen molar-refractivity contribution in [1.29, 1.82) is 0 Å². The number of benzene rings is 2. The zero-order valence-corrected chi connectivity index (χ0v) is 22.5. The minimum absolute atomic E-state index is 0.0327. The van der Waals surface area contributed by atoms with Crippen molar-refractivity contribution in [2.24, 2.45) is 4.99 Å². The van der Waals surface area contributed by atoms with Crippen LogP contribution in [0.25, 0.3) is 6.08 Å². The molecule has 0 spiro atoms. The van der Waals surface area contributed by atoms with Crippen molar-refractivity contribution in [3.63, 3.8) is 0 Å². The number of esters is 1. The number of thiazole rings is 1. The lowest BCUT2D eigenvalue weighted by molar-refractivity contribution is -0.384. The van der Waals surface area contributed by atoms with Gasteiger partial charge in [0.1, 0.15) is 5.75 Å². The number of nitrogens with zero attached hydrogens (tertiary/aromatic N) is 3. The molecular formula is C28H29N3O6S. The van der Waals surface area contributed by atoms with E-state index in [-0.39, 0.29) is 17.4 Å². The molecule has 1 atom stereocenters. The molecule has 0 bridgehead atoms. The summed E-state index contributed by atoms with van der Waals surface area (Å²) in [4.78, 5) is 42.4. The van der Waals surface area contributed by atoms with Gasteiger partial charge in [0.2, 0.25) is 0 Å². The number of aromatic nitrogens is 1. The highest BCUT2D eigenvalue weighted by molar-refractivity contribution is 7.07. The Labute approximate surface area is 223 Å². The van der Waals surface area contributed by atoms with Crippen molar-refractivity contribution in [2.75, 3.05) is 6.61 Å². The third-order valence-electron chi connectivity index (χ3n) is 5.95. The molecule has 0 N–H and O–H groups in total. The van der Waals surface area contributed by atoms with Gasteiger partial charge >= 0.3 is 5.97 Å². The van der Waals surface area contributed by atoms with E-state index in [2.05, 4.69) is 11.9 Å². The van der Waals surface area contributed by atoms with Crippen molar-refractivity contribution in [1.82, 2.24) is 4.57 Å². The van der Waals surface area contributed by atoms with E-state index in [9.17, 15) is 19.7 Å². The van der Waals surface area contributed by atoms with Crippen molar-refractivity contribution >= 4 is 29.1 Å².